The predicted octanol–water partition coefficient (Wildman–Crippen LogP) is 7.60. The quantitative estimate of drug-likeness (QED) is 0.150. The van der Waals surface area contributed by atoms with Crippen molar-refractivity contribution in [2.24, 2.45) is 0 Å². The van der Waals surface area contributed by atoms with Crippen molar-refractivity contribution in [1.29, 1.82) is 0 Å². The van der Waals surface area contributed by atoms with Crippen LogP contribution >= 0.6 is 0 Å². The van der Waals surface area contributed by atoms with E-state index in [1.807, 2.05) is 91.8 Å². The molecule has 0 unspecified atom stereocenters. The summed E-state index contributed by atoms with van der Waals surface area (Å²) in [4.78, 5) is -0.0939. The molecule has 0 bridgehead atoms. The van der Waals surface area contributed by atoms with Crippen LogP contribution < -0.4 is 0 Å². The molecule has 0 aliphatic carbocycles. The molecule has 6 nitrogen and oxygen atoms in total. The van der Waals surface area contributed by atoms with Crippen LogP contribution in [0.5, 0.6) is 0 Å². The summed E-state index contributed by atoms with van der Waals surface area (Å²) in [5.74, 6) is 0.293. The second-order valence-electron chi connectivity index (χ2n) is 11.4. The number of hydrogen-bond donors (Lipinski definition) is 0. The van der Waals surface area contributed by atoms with Gasteiger partial charge in [-0.1, -0.05) is 116 Å². The first-order chi connectivity index (χ1) is 18.5. The zero-order valence-corrected chi connectivity index (χ0v) is 31.1. The first-order valence-electron chi connectivity index (χ1n) is 13.5. The van der Waals surface area contributed by atoms with Gasteiger partial charge in [0, 0.05) is 0 Å². The van der Waals surface area contributed by atoms with Crippen molar-refractivity contribution >= 4 is 90.7 Å². The molecule has 0 aromatic heterocycles. The summed E-state index contributed by atoms with van der Waals surface area (Å²) in [5, 5.41) is 2.65. The minimum absolute atomic E-state index is 0. The Morgan fingerprint density at radius 3 is 1.05 bits per heavy atom. The summed E-state index contributed by atoms with van der Waals surface area (Å²) in [6.07, 6.45) is 0. The first-order valence-corrected chi connectivity index (χ1v) is 16.3. The van der Waals surface area contributed by atoms with E-state index in [0.717, 1.165) is 21.9 Å². The Kier molecular flexibility index (Phi) is 12.3. The summed E-state index contributed by atoms with van der Waals surface area (Å²) in [6.45, 7) is 15.7. The minimum atomic E-state index is -4.51. The van der Waals surface area contributed by atoms with E-state index in [2.05, 4.69) is 0 Å². The van der Waals surface area contributed by atoms with E-state index in [1.165, 1.54) is 0 Å². The third kappa shape index (κ3) is 8.04. The van der Waals surface area contributed by atoms with Crippen LogP contribution in [0.4, 0.5) is 0 Å². The largest absolute Gasteiger partial charge is 2.00 e. The molecule has 4 rings (SSSR count). The molecule has 0 atom stereocenters. The van der Waals surface area contributed by atoms with Crippen LogP contribution in [0.15, 0.2) is 70.5 Å². The van der Waals surface area contributed by atoms with Gasteiger partial charge in [0.05, 0.1) is 9.79 Å². The third-order valence-electron chi connectivity index (χ3n) is 7.04. The number of hydrogen-bond acceptors (Lipinski definition) is 6. The molecule has 41 heavy (non-hydrogen) atoms. The molecule has 0 aliphatic heterocycles. The Morgan fingerprint density at radius 1 is 0.512 bits per heavy atom. The maximum atomic E-state index is 11.8. The van der Waals surface area contributed by atoms with Gasteiger partial charge in [-0.25, -0.2) is 16.8 Å². The van der Waals surface area contributed by atoms with Crippen LogP contribution in [-0.2, 0) is 20.2 Å². The molecule has 0 saturated heterocycles. The van der Waals surface area contributed by atoms with Gasteiger partial charge in [-0.15, -0.1) is 0 Å². The normalized spacial score (nSPS) is 12.2. The SMILES string of the molecule is CC(C)c1cc2ccccc2c(S(=O)(=O)[O-])c1C(C)C.CC(C)c1cc2ccccc2c(S(=O)(=O)[O-])c1C(C)C.[Ba+2]. The Bertz CT molecular complexity index is 1630. The van der Waals surface area contributed by atoms with Crippen molar-refractivity contribution in [2.45, 2.75) is 88.9 Å². The molecule has 0 N–H and O–H groups in total. The van der Waals surface area contributed by atoms with E-state index in [0.29, 0.717) is 21.9 Å². The summed E-state index contributed by atoms with van der Waals surface area (Å²) in [6, 6.07) is 18.3. The molecular formula is C32H38BaO6S2. The van der Waals surface area contributed by atoms with Crippen molar-refractivity contribution in [1.82, 2.24) is 0 Å². The molecular weight excluding hydrogens is 682 g/mol. The van der Waals surface area contributed by atoms with Crippen LogP contribution in [0.3, 0.4) is 0 Å². The first kappa shape index (κ1) is 36.0. The van der Waals surface area contributed by atoms with Gasteiger partial charge in [0.1, 0.15) is 20.2 Å². The fourth-order valence-corrected chi connectivity index (χ4v) is 7.54. The van der Waals surface area contributed by atoms with Gasteiger partial charge in [0.25, 0.3) is 0 Å². The molecule has 0 amide bonds. The molecule has 216 valence electrons. The molecule has 0 fully saturated rings. The number of benzene rings is 4. The van der Waals surface area contributed by atoms with Gasteiger partial charge < -0.3 is 9.11 Å². The molecule has 0 saturated carbocycles. The van der Waals surface area contributed by atoms with E-state index < -0.39 is 20.2 Å². The zero-order valence-electron chi connectivity index (χ0n) is 25.1. The fourth-order valence-electron chi connectivity index (χ4n) is 5.39. The van der Waals surface area contributed by atoms with Crippen molar-refractivity contribution < 1.29 is 25.9 Å². The van der Waals surface area contributed by atoms with Gasteiger partial charge in [0.15, 0.2) is 0 Å². The molecule has 9 heteroatoms. The molecule has 0 spiro atoms. The Balaban J connectivity index is 0.000000280. The van der Waals surface area contributed by atoms with Crippen molar-refractivity contribution in [2.75, 3.05) is 0 Å². The summed E-state index contributed by atoms with van der Waals surface area (Å²) >= 11 is 0. The molecule has 0 aliphatic rings. The Hall–Kier alpha value is -1.21. The van der Waals surface area contributed by atoms with Crippen LogP contribution in [-0.4, -0.2) is 74.8 Å². The smallest absolute Gasteiger partial charge is 0.744 e. The second-order valence-corrected chi connectivity index (χ2v) is 14.0. The zero-order chi connectivity index (χ0) is 30.2. The second kappa shape index (κ2) is 14.1. The van der Waals surface area contributed by atoms with E-state index in [-0.39, 0.29) is 82.3 Å². The molecule has 0 heterocycles. The van der Waals surface area contributed by atoms with Crippen molar-refractivity contribution in [3.63, 3.8) is 0 Å². The fraction of sp³-hybridized carbons (Fsp3) is 0.375. The topological polar surface area (TPSA) is 114 Å². The Labute approximate surface area is 285 Å². The summed E-state index contributed by atoms with van der Waals surface area (Å²) in [5.41, 5.74) is 3.20. The van der Waals surface area contributed by atoms with E-state index in [1.54, 1.807) is 24.3 Å². The van der Waals surface area contributed by atoms with Crippen molar-refractivity contribution in [3.8, 4) is 0 Å². The maximum absolute atomic E-state index is 11.8. The minimum Gasteiger partial charge on any atom is -0.744 e. The summed E-state index contributed by atoms with van der Waals surface area (Å²) < 4.78 is 70.7. The van der Waals surface area contributed by atoms with Crippen molar-refractivity contribution in [3.05, 3.63) is 82.9 Å². The average molecular weight is 720 g/mol. The molecule has 4 aromatic carbocycles. The summed E-state index contributed by atoms with van der Waals surface area (Å²) in [7, 11) is -9.02. The van der Waals surface area contributed by atoms with Crippen LogP contribution in [0.1, 0.15) is 101 Å². The molecule has 4 aromatic rings. The van der Waals surface area contributed by atoms with Crippen LogP contribution in [0, 0.1) is 0 Å². The predicted molar refractivity (Wildman–Crippen MR) is 166 cm³/mol. The average Bonchev–Trinajstić information content (AvgIpc) is 2.85. The van der Waals surface area contributed by atoms with Crippen LogP contribution in [0.2, 0.25) is 0 Å². The van der Waals surface area contributed by atoms with Gasteiger partial charge in [-0.05, 0) is 67.5 Å². The monoisotopic (exact) mass is 720 g/mol. The number of rotatable bonds is 6. The van der Waals surface area contributed by atoms with E-state index in [4.69, 9.17) is 0 Å². The Morgan fingerprint density at radius 2 is 0.805 bits per heavy atom. The van der Waals surface area contributed by atoms with Gasteiger partial charge in [0.2, 0.25) is 0 Å². The van der Waals surface area contributed by atoms with Gasteiger partial charge in [-0.2, -0.15) is 0 Å². The van der Waals surface area contributed by atoms with Crippen LogP contribution in [0.25, 0.3) is 21.5 Å². The van der Waals surface area contributed by atoms with E-state index >= 15 is 0 Å². The number of fused-ring (bicyclic) bond motifs is 2. The van der Waals surface area contributed by atoms with E-state index in [9.17, 15) is 25.9 Å². The van der Waals surface area contributed by atoms with Gasteiger partial charge in [-0.3, -0.25) is 0 Å². The molecule has 0 radical (unpaired) electrons. The van der Waals surface area contributed by atoms with Gasteiger partial charge >= 0.3 is 48.9 Å². The third-order valence-corrected chi connectivity index (χ3v) is 8.92. The standard InChI is InChI=1S/2C16H20O3S.Ba/c2*1-10(2)14-9-12-7-5-6-8-13(12)16(20(17,18)19)15(14)11(3)4;/h2*5-11H,1-4H3,(H,17,18,19);/q;;+2/p-2. The maximum Gasteiger partial charge on any atom is 2.00 e.